The first-order chi connectivity index (χ1) is 7.39. The molecule has 0 fully saturated rings. The van der Waals surface area contributed by atoms with Crippen LogP contribution in [0.2, 0.25) is 19.6 Å². The highest BCUT2D eigenvalue weighted by Crippen LogP contribution is 2.19. The molecule has 0 spiro atoms. The molecule has 2 aromatic rings. The minimum absolute atomic E-state index is 0.102. The van der Waals surface area contributed by atoms with E-state index in [9.17, 15) is 4.79 Å². The number of furan rings is 1. The summed E-state index contributed by atoms with van der Waals surface area (Å²) in [6, 6.07) is 5.66. The number of hydrogen-bond acceptors (Lipinski definition) is 2. The molecular weight excluding hydrogens is 216 g/mol. The van der Waals surface area contributed by atoms with Crippen LogP contribution in [0.5, 0.6) is 0 Å². The molecule has 1 heterocycles. The van der Waals surface area contributed by atoms with Gasteiger partial charge in [0.1, 0.15) is 5.58 Å². The molecule has 0 atom stereocenters. The van der Waals surface area contributed by atoms with E-state index in [-0.39, 0.29) is 5.78 Å². The first kappa shape index (κ1) is 11.1. The van der Waals surface area contributed by atoms with Gasteiger partial charge >= 0.3 is 0 Å². The zero-order valence-corrected chi connectivity index (χ0v) is 11.1. The zero-order valence-electron chi connectivity index (χ0n) is 10.1. The van der Waals surface area contributed by atoms with Gasteiger partial charge in [-0.2, -0.15) is 0 Å². The quantitative estimate of drug-likeness (QED) is 0.588. The summed E-state index contributed by atoms with van der Waals surface area (Å²) in [4.78, 5) is 11.4. The number of hydrogen-bond donors (Lipinski definition) is 0. The summed E-state index contributed by atoms with van der Waals surface area (Å²) in [6.45, 7) is 8.42. The fourth-order valence-corrected chi connectivity index (χ4v) is 3.24. The predicted octanol–water partition coefficient (Wildman–Crippen LogP) is 3.18. The lowest BCUT2D eigenvalue weighted by atomic mass is 10.1. The van der Waals surface area contributed by atoms with Gasteiger partial charge in [-0.05, 0) is 30.3 Å². The molecular formula is C13H16O2Si. The molecule has 1 aromatic heterocycles. The molecule has 1 aromatic carbocycles. The molecule has 0 unspecified atom stereocenters. The first-order valence-corrected chi connectivity index (χ1v) is 8.92. The van der Waals surface area contributed by atoms with Gasteiger partial charge in [-0.25, -0.2) is 0 Å². The zero-order chi connectivity index (χ0) is 11.9. The molecule has 0 bridgehead atoms. The van der Waals surface area contributed by atoms with Crippen molar-refractivity contribution in [3.8, 4) is 0 Å². The molecule has 3 heteroatoms. The third-order valence-electron chi connectivity index (χ3n) is 2.79. The highest BCUT2D eigenvalue weighted by atomic mass is 28.3. The Hall–Kier alpha value is -1.35. The lowest BCUT2D eigenvalue weighted by molar-refractivity contribution is 0.101. The monoisotopic (exact) mass is 232 g/mol. The normalized spacial score (nSPS) is 12.0. The molecule has 2 rings (SSSR count). The Morgan fingerprint density at radius 2 is 1.94 bits per heavy atom. The summed E-state index contributed by atoms with van der Waals surface area (Å²) in [5, 5.41) is 2.39. The number of carbonyl (C=O) groups is 1. The second kappa shape index (κ2) is 3.59. The van der Waals surface area contributed by atoms with Crippen LogP contribution in [0.3, 0.4) is 0 Å². The third-order valence-corrected chi connectivity index (χ3v) is 4.79. The molecule has 2 nitrogen and oxygen atoms in total. The fraction of sp³-hybridized carbons (Fsp3) is 0.308. The standard InChI is InChI=1S/C13H16O2Si/c1-9(14)10-5-6-12-11(7-10)13(8-15-12)16(2,3)4/h5-8H,1-4H3. The van der Waals surface area contributed by atoms with E-state index < -0.39 is 8.07 Å². The van der Waals surface area contributed by atoms with Gasteiger partial charge in [0.25, 0.3) is 0 Å². The largest absolute Gasteiger partial charge is 0.464 e. The van der Waals surface area contributed by atoms with E-state index in [0.29, 0.717) is 0 Å². The summed E-state index contributed by atoms with van der Waals surface area (Å²) in [7, 11) is -1.41. The molecule has 16 heavy (non-hydrogen) atoms. The average Bonchev–Trinajstić information content (AvgIpc) is 2.58. The second-order valence-electron chi connectivity index (χ2n) is 5.17. The van der Waals surface area contributed by atoms with Gasteiger partial charge in [-0.15, -0.1) is 0 Å². The maximum absolute atomic E-state index is 11.4. The Morgan fingerprint density at radius 3 is 2.50 bits per heavy atom. The lowest BCUT2D eigenvalue weighted by Gasteiger charge is -2.13. The van der Waals surface area contributed by atoms with Gasteiger partial charge in [-0.3, -0.25) is 4.79 Å². The highest BCUT2D eigenvalue weighted by molar-refractivity contribution is 6.90. The Kier molecular flexibility index (Phi) is 2.50. The van der Waals surface area contributed by atoms with E-state index in [0.717, 1.165) is 16.5 Å². The molecule has 84 valence electrons. The molecule has 0 aliphatic heterocycles. The van der Waals surface area contributed by atoms with Crippen LogP contribution in [0.1, 0.15) is 17.3 Å². The van der Waals surface area contributed by atoms with Gasteiger partial charge < -0.3 is 4.42 Å². The topological polar surface area (TPSA) is 30.2 Å². The molecule has 0 saturated carbocycles. The van der Waals surface area contributed by atoms with Gasteiger partial charge in [0.15, 0.2) is 5.78 Å². The Balaban J connectivity index is 2.70. The number of ketones is 1. The van der Waals surface area contributed by atoms with E-state index in [4.69, 9.17) is 4.42 Å². The maximum atomic E-state index is 11.4. The van der Waals surface area contributed by atoms with Crippen LogP contribution >= 0.6 is 0 Å². The summed E-state index contributed by atoms with van der Waals surface area (Å²) < 4.78 is 5.53. The number of fused-ring (bicyclic) bond motifs is 1. The first-order valence-electron chi connectivity index (χ1n) is 5.42. The van der Waals surface area contributed by atoms with E-state index in [1.54, 1.807) is 6.92 Å². The van der Waals surface area contributed by atoms with Crippen molar-refractivity contribution in [3.05, 3.63) is 30.0 Å². The average molecular weight is 232 g/mol. The summed E-state index contributed by atoms with van der Waals surface area (Å²) in [5.74, 6) is 0.102. The van der Waals surface area contributed by atoms with E-state index in [1.165, 1.54) is 5.19 Å². The SMILES string of the molecule is CC(=O)c1ccc2occ([Si](C)(C)C)c2c1. The Bertz CT molecular complexity index is 547. The Labute approximate surface area is 96.3 Å². The number of Topliss-reactive ketones (excluding diaryl/α,β-unsaturated/α-hetero) is 1. The van der Waals surface area contributed by atoms with Crippen molar-refractivity contribution in [2.45, 2.75) is 26.6 Å². The van der Waals surface area contributed by atoms with Crippen molar-refractivity contribution in [2.24, 2.45) is 0 Å². The lowest BCUT2D eigenvalue weighted by Crippen LogP contribution is -2.36. The third kappa shape index (κ3) is 1.83. The van der Waals surface area contributed by atoms with Gasteiger partial charge in [-0.1, -0.05) is 19.6 Å². The summed E-state index contributed by atoms with van der Waals surface area (Å²) in [5.41, 5.74) is 1.64. The van der Waals surface area contributed by atoms with Crippen LogP contribution in [0, 0.1) is 0 Å². The van der Waals surface area contributed by atoms with E-state index in [1.807, 2.05) is 24.5 Å². The smallest absolute Gasteiger partial charge is 0.159 e. The summed E-state index contributed by atoms with van der Waals surface area (Å²) in [6.07, 6.45) is 1.85. The van der Waals surface area contributed by atoms with Crippen molar-refractivity contribution in [1.29, 1.82) is 0 Å². The Morgan fingerprint density at radius 1 is 1.25 bits per heavy atom. The van der Waals surface area contributed by atoms with Crippen molar-refractivity contribution in [2.75, 3.05) is 0 Å². The predicted molar refractivity (Wildman–Crippen MR) is 69.2 cm³/mol. The van der Waals surface area contributed by atoms with Crippen LogP contribution in [-0.4, -0.2) is 13.9 Å². The van der Waals surface area contributed by atoms with Gasteiger partial charge in [0.05, 0.1) is 14.3 Å². The van der Waals surface area contributed by atoms with Crippen molar-refractivity contribution in [3.63, 3.8) is 0 Å². The van der Waals surface area contributed by atoms with Gasteiger partial charge in [0.2, 0.25) is 0 Å². The van der Waals surface area contributed by atoms with Crippen LogP contribution < -0.4 is 5.19 Å². The van der Waals surface area contributed by atoms with Gasteiger partial charge in [0, 0.05) is 10.9 Å². The van der Waals surface area contributed by atoms with Crippen molar-refractivity contribution in [1.82, 2.24) is 0 Å². The molecule has 0 amide bonds. The van der Waals surface area contributed by atoms with E-state index >= 15 is 0 Å². The fourth-order valence-electron chi connectivity index (χ4n) is 1.83. The van der Waals surface area contributed by atoms with Crippen LogP contribution in [0.25, 0.3) is 11.0 Å². The minimum atomic E-state index is -1.41. The highest BCUT2D eigenvalue weighted by Gasteiger charge is 2.22. The minimum Gasteiger partial charge on any atom is -0.464 e. The molecule has 0 radical (unpaired) electrons. The summed E-state index contributed by atoms with van der Waals surface area (Å²) >= 11 is 0. The molecule has 0 aliphatic carbocycles. The second-order valence-corrected chi connectivity index (χ2v) is 10.2. The maximum Gasteiger partial charge on any atom is 0.159 e. The van der Waals surface area contributed by atoms with Crippen molar-refractivity contribution < 1.29 is 9.21 Å². The number of rotatable bonds is 2. The molecule has 0 aliphatic rings. The van der Waals surface area contributed by atoms with Crippen molar-refractivity contribution >= 4 is 30.0 Å². The number of carbonyl (C=O) groups excluding carboxylic acids is 1. The number of benzene rings is 1. The molecule has 0 N–H and O–H groups in total. The van der Waals surface area contributed by atoms with Crippen LogP contribution in [0.4, 0.5) is 0 Å². The van der Waals surface area contributed by atoms with Crippen LogP contribution in [-0.2, 0) is 0 Å². The van der Waals surface area contributed by atoms with Crippen LogP contribution in [0.15, 0.2) is 28.9 Å². The molecule has 0 saturated heterocycles. The van der Waals surface area contributed by atoms with E-state index in [2.05, 4.69) is 19.6 Å².